The molecule has 1 N–H and O–H groups in total. The number of nitrogens with one attached hydrogen (secondary N) is 1. The van der Waals surface area contributed by atoms with E-state index in [2.05, 4.69) is 20.1 Å². The Morgan fingerprint density at radius 3 is 2.81 bits per heavy atom. The summed E-state index contributed by atoms with van der Waals surface area (Å²) in [6, 6.07) is 6.31. The second kappa shape index (κ2) is 9.48. The molecule has 1 amide bonds. The Bertz CT molecular complexity index is 1030. The van der Waals surface area contributed by atoms with Crippen molar-refractivity contribution < 1.29 is 13.2 Å². The molecule has 0 spiro atoms. The number of aromatic nitrogens is 3. The smallest absolute Gasteiger partial charge is 0.251 e. The molecule has 8 nitrogen and oxygen atoms in total. The standard InChI is InChI=1S/C22H31N5O3S/c1-17-8-4-6-15-27(17)31(29,30)19-10-7-9-18(16-19)22(28)23-13-12-21-25-24-20-11-3-2-5-14-26(20)21/h7,9-10,16-17H,2-6,8,11-15H2,1H3,(H,23,28). The molecule has 1 atom stereocenters. The number of amides is 1. The van der Waals surface area contributed by atoms with Crippen LogP contribution in [0, 0.1) is 0 Å². The van der Waals surface area contributed by atoms with E-state index in [4.69, 9.17) is 0 Å². The van der Waals surface area contributed by atoms with Crippen molar-refractivity contribution in [2.24, 2.45) is 0 Å². The molecule has 0 radical (unpaired) electrons. The molecule has 31 heavy (non-hydrogen) atoms. The minimum atomic E-state index is -3.61. The number of sulfonamides is 1. The molecule has 0 saturated carbocycles. The highest BCUT2D eigenvalue weighted by atomic mass is 32.2. The Labute approximate surface area is 184 Å². The Balaban J connectivity index is 1.40. The first-order chi connectivity index (χ1) is 15.0. The molecule has 0 aliphatic carbocycles. The number of hydrogen-bond donors (Lipinski definition) is 1. The van der Waals surface area contributed by atoms with Gasteiger partial charge in [0.2, 0.25) is 10.0 Å². The molecule has 1 aromatic heterocycles. The average molecular weight is 446 g/mol. The fourth-order valence-corrected chi connectivity index (χ4v) is 6.23. The summed E-state index contributed by atoms with van der Waals surface area (Å²) in [6.07, 6.45) is 7.81. The van der Waals surface area contributed by atoms with Crippen molar-refractivity contribution in [3.63, 3.8) is 0 Å². The molecule has 3 heterocycles. The maximum Gasteiger partial charge on any atom is 0.251 e. The summed E-state index contributed by atoms with van der Waals surface area (Å²) in [5.41, 5.74) is 0.353. The van der Waals surface area contributed by atoms with Gasteiger partial charge in [-0.3, -0.25) is 4.79 Å². The SMILES string of the molecule is CC1CCCCN1S(=O)(=O)c1cccc(C(=O)NCCc2nnc3n2CCCCC3)c1. The number of carbonyl (C=O) groups is 1. The molecule has 9 heteroatoms. The van der Waals surface area contributed by atoms with Gasteiger partial charge in [0.05, 0.1) is 4.90 Å². The topological polar surface area (TPSA) is 97.2 Å². The molecule has 1 saturated heterocycles. The summed E-state index contributed by atoms with van der Waals surface area (Å²) < 4.78 is 29.9. The van der Waals surface area contributed by atoms with Crippen LogP contribution in [-0.2, 0) is 29.4 Å². The number of hydrogen-bond acceptors (Lipinski definition) is 5. The number of carbonyl (C=O) groups excluding carboxylic acids is 1. The van der Waals surface area contributed by atoms with E-state index in [0.29, 0.717) is 25.1 Å². The Kier molecular flexibility index (Phi) is 6.71. The van der Waals surface area contributed by atoms with E-state index in [9.17, 15) is 13.2 Å². The lowest BCUT2D eigenvalue weighted by molar-refractivity contribution is 0.0953. The van der Waals surface area contributed by atoms with Crippen LogP contribution in [0.5, 0.6) is 0 Å². The van der Waals surface area contributed by atoms with Crippen molar-refractivity contribution in [2.75, 3.05) is 13.1 Å². The van der Waals surface area contributed by atoms with Crippen LogP contribution >= 0.6 is 0 Å². The minimum absolute atomic E-state index is 0.0190. The van der Waals surface area contributed by atoms with Crippen molar-refractivity contribution in [1.29, 1.82) is 0 Å². The molecule has 168 valence electrons. The van der Waals surface area contributed by atoms with Crippen LogP contribution in [-0.4, -0.2) is 52.5 Å². The summed E-state index contributed by atoms with van der Waals surface area (Å²) in [6.45, 7) is 3.83. The lowest BCUT2D eigenvalue weighted by atomic mass is 10.1. The third kappa shape index (κ3) is 4.82. The minimum Gasteiger partial charge on any atom is -0.352 e. The number of nitrogens with zero attached hydrogens (tertiary/aromatic N) is 4. The zero-order chi connectivity index (χ0) is 21.8. The van der Waals surface area contributed by atoms with Gasteiger partial charge in [0.15, 0.2) is 0 Å². The van der Waals surface area contributed by atoms with Crippen LogP contribution in [0.15, 0.2) is 29.2 Å². The van der Waals surface area contributed by atoms with Gasteiger partial charge in [-0.15, -0.1) is 10.2 Å². The maximum absolute atomic E-state index is 13.1. The summed E-state index contributed by atoms with van der Waals surface area (Å²) in [5.74, 6) is 1.65. The first kappa shape index (κ1) is 22.0. The number of benzene rings is 1. The lowest BCUT2D eigenvalue weighted by Gasteiger charge is -2.32. The Morgan fingerprint density at radius 2 is 1.97 bits per heavy atom. The van der Waals surface area contributed by atoms with Gasteiger partial charge in [-0.05, 0) is 50.8 Å². The number of piperidine rings is 1. The normalized spacial score (nSPS) is 20.1. The van der Waals surface area contributed by atoms with Gasteiger partial charge in [-0.1, -0.05) is 18.9 Å². The zero-order valence-corrected chi connectivity index (χ0v) is 18.9. The lowest BCUT2D eigenvalue weighted by Crippen LogP contribution is -2.42. The molecule has 1 aromatic carbocycles. The van der Waals surface area contributed by atoms with Gasteiger partial charge in [0.25, 0.3) is 5.91 Å². The van der Waals surface area contributed by atoms with Gasteiger partial charge in [0, 0.05) is 44.1 Å². The van der Waals surface area contributed by atoms with E-state index in [1.54, 1.807) is 22.5 Å². The Morgan fingerprint density at radius 1 is 1.13 bits per heavy atom. The summed E-state index contributed by atoms with van der Waals surface area (Å²) >= 11 is 0. The van der Waals surface area contributed by atoms with Gasteiger partial charge in [-0.2, -0.15) is 4.31 Å². The quantitative estimate of drug-likeness (QED) is 0.737. The fraction of sp³-hybridized carbons (Fsp3) is 0.591. The van der Waals surface area contributed by atoms with Crippen LogP contribution in [0.25, 0.3) is 0 Å². The molecular formula is C22H31N5O3S. The molecule has 0 bridgehead atoms. The third-order valence-corrected chi connectivity index (χ3v) is 8.27. The van der Waals surface area contributed by atoms with Gasteiger partial charge < -0.3 is 9.88 Å². The highest BCUT2D eigenvalue weighted by Crippen LogP contribution is 2.25. The first-order valence-corrected chi connectivity index (χ1v) is 12.7. The van der Waals surface area contributed by atoms with Crippen molar-refractivity contribution in [1.82, 2.24) is 24.4 Å². The van der Waals surface area contributed by atoms with Crippen LogP contribution < -0.4 is 5.32 Å². The molecule has 1 fully saturated rings. The first-order valence-electron chi connectivity index (χ1n) is 11.3. The van der Waals surface area contributed by atoms with E-state index in [1.165, 1.54) is 12.5 Å². The summed E-state index contributed by atoms with van der Waals surface area (Å²) in [4.78, 5) is 12.9. The van der Waals surface area contributed by atoms with E-state index in [-0.39, 0.29) is 16.8 Å². The van der Waals surface area contributed by atoms with E-state index in [0.717, 1.165) is 56.7 Å². The molecule has 1 unspecified atom stereocenters. The predicted molar refractivity (Wildman–Crippen MR) is 117 cm³/mol. The highest BCUT2D eigenvalue weighted by molar-refractivity contribution is 7.89. The fourth-order valence-electron chi connectivity index (χ4n) is 4.48. The van der Waals surface area contributed by atoms with E-state index >= 15 is 0 Å². The van der Waals surface area contributed by atoms with Crippen LogP contribution in [0.3, 0.4) is 0 Å². The van der Waals surface area contributed by atoms with E-state index in [1.807, 2.05) is 6.92 Å². The predicted octanol–water partition coefficient (Wildman–Crippen LogP) is 2.54. The summed E-state index contributed by atoms with van der Waals surface area (Å²) in [5, 5.41) is 11.5. The molecule has 2 aliphatic heterocycles. The van der Waals surface area contributed by atoms with Crippen molar-refractivity contribution >= 4 is 15.9 Å². The van der Waals surface area contributed by atoms with Crippen LogP contribution in [0.4, 0.5) is 0 Å². The monoisotopic (exact) mass is 445 g/mol. The molecular weight excluding hydrogens is 414 g/mol. The number of fused-ring (bicyclic) bond motifs is 1. The van der Waals surface area contributed by atoms with Crippen LogP contribution in [0.2, 0.25) is 0 Å². The number of aryl methyl sites for hydroxylation is 1. The van der Waals surface area contributed by atoms with Crippen LogP contribution in [0.1, 0.15) is 67.5 Å². The van der Waals surface area contributed by atoms with Crippen molar-refractivity contribution in [2.45, 2.75) is 75.8 Å². The zero-order valence-electron chi connectivity index (χ0n) is 18.1. The van der Waals surface area contributed by atoms with Crippen molar-refractivity contribution in [3.8, 4) is 0 Å². The summed E-state index contributed by atoms with van der Waals surface area (Å²) in [7, 11) is -3.61. The molecule has 2 aromatic rings. The van der Waals surface area contributed by atoms with Gasteiger partial charge >= 0.3 is 0 Å². The molecule has 2 aliphatic rings. The van der Waals surface area contributed by atoms with Crippen molar-refractivity contribution in [3.05, 3.63) is 41.5 Å². The Hall–Kier alpha value is -2.26. The second-order valence-electron chi connectivity index (χ2n) is 8.49. The largest absolute Gasteiger partial charge is 0.352 e. The van der Waals surface area contributed by atoms with Gasteiger partial charge in [-0.25, -0.2) is 8.42 Å². The maximum atomic E-state index is 13.1. The second-order valence-corrected chi connectivity index (χ2v) is 10.4. The average Bonchev–Trinajstić information content (AvgIpc) is 3.00. The molecule has 4 rings (SSSR count). The van der Waals surface area contributed by atoms with E-state index < -0.39 is 10.0 Å². The third-order valence-electron chi connectivity index (χ3n) is 6.27. The van der Waals surface area contributed by atoms with Gasteiger partial charge in [0.1, 0.15) is 11.6 Å². The highest BCUT2D eigenvalue weighted by Gasteiger charge is 2.31. The number of rotatable bonds is 6.